The smallest absolute Gasteiger partial charge is 0.317 e. The molecule has 0 fully saturated rings. The Morgan fingerprint density at radius 1 is 0.824 bits per heavy atom. The van der Waals surface area contributed by atoms with E-state index < -0.39 is 35.3 Å². The number of hydrogen-bond donors (Lipinski definition) is 0. The molecule has 0 aromatic heterocycles. The van der Waals surface area contributed by atoms with E-state index in [4.69, 9.17) is 0 Å². The van der Waals surface area contributed by atoms with Crippen molar-refractivity contribution in [1.29, 1.82) is 0 Å². The van der Waals surface area contributed by atoms with Gasteiger partial charge in [0.2, 0.25) is 11.3 Å². The summed E-state index contributed by atoms with van der Waals surface area (Å²) in [6.07, 6.45) is -4.52. The van der Waals surface area contributed by atoms with E-state index in [2.05, 4.69) is 27.9 Å². The van der Waals surface area contributed by atoms with Crippen molar-refractivity contribution in [2.45, 2.75) is 49.2 Å². The predicted octanol–water partition coefficient (Wildman–Crippen LogP) is 4.12. The molecule has 9 heteroatoms. The Bertz CT molecular complexity index is 224. The van der Waals surface area contributed by atoms with Gasteiger partial charge < -0.3 is 4.74 Å². The highest BCUT2D eigenvalue weighted by atomic mass is 35.5. The van der Waals surface area contributed by atoms with E-state index in [1.54, 1.807) is 0 Å². The van der Waals surface area contributed by atoms with E-state index in [9.17, 15) is 26.3 Å². The zero-order valence-electron chi connectivity index (χ0n) is 8.74. The Hall–Kier alpha value is 0.120. The SMILES string of the molecule is CC(OC(C)C(F)(F)C(F)Cl)C(F)(F)C(F)Cl. The average Bonchev–Trinajstić information content (AvgIpc) is 2.16. The van der Waals surface area contributed by atoms with Crippen LogP contribution in [0.3, 0.4) is 0 Å². The highest BCUT2D eigenvalue weighted by Crippen LogP contribution is 2.35. The Morgan fingerprint density at radius 3 is 1.24 bits per heavy atom. The van der Waals surface area contributed by atoms with E-state index in [-0.39, 0.29) is 0 Å². The minimum atomic E-state index is -4.18. The van der Waals surface area contributed by atoms with Gasteiger partial charge in [0.25, 0.3) is 0 Å². The van der Waals surface area contributed by atoms with Crippen LogP contribution in [0.4, 0.5) is 26.3 Å². The maximum Gasteiger partial charge on any atom is 0.317 e. The van der Waals surface area contributed by atoms with Gasteiger partial charge in [-0.3, -0.25) is 0 Å². The molecule has 4 atom stereocenters. The summed E-state index contributed by atoms with van der Waals surface area (Å²) in [6.45, 7) is 1.28. The van der Waals surface area contributed by atoms with Crippen molar-refractivity contribution in [2.75, 3.05) is 0 Å². The minimum Gasteiger partial charge on any atom is -0.363 e. The van der Waals surface area contributed by atoms with Crippen LogP contribution in [-0.4, -0.2) is 35.3 Å². The van der Waals surface area contributed by atoms with Crippen molar-refractivity contribution < 1.29 is 31.1 Å². The molecule has 0 spiro atoms. The highest BCUT2D eigenvalue weighted by molar-refractivity contribution is 6.20. The Labute approximate surface area is 104 Å². The molecule has 0 radical (unpaired) electrons. The molecule has 0 saturated heterocycles. The second kappa shape index (κ2) is 5.84. The molecule has 0 aromatic rings. The van der Waals surface area contributed by atoms with Gasteiger partial charge >= 0.3 is 11.8 Å². The lowest BCUT2D eigenvalue weighted by molar-refractivity contribution is -0.218. The van der Waals surface area contributed by atoms with Gasteiger partial charge in [0.15, 0.2) is 0 Å². The van der Waals surface area contributed by atoms with Crippen LogP contribution in [0.2, 0.25) is 0 Å². The molecule has 1 nitrogen and oxygen atoms in total. The maximum absolute atomic E-state index is 12.9. The molecule has 0 rings (SSSR count). The molecular formula is C8H10Cl2F6O. The molecule has 0 saturated carbocycles. The van der Waals surface area contributed by atoms with Gasteiger partial charge in [-0.05, 0) is 13.8 Å². The number of alkyl halides is 8. The lowest BCUT2D eigenvalue weighted by Crippen LogP contribution is -2.47. The van der Waals surface area contributed by atoms with Gasteiger partial charge in [0.1, 0.15) is 12.2 Å². The largest absolute Gasteiger partial charge is 0.363 e. The summed E-state index contributed by atoms with van der Waals surface area (Å²) >= 11 is 9.08. The van der Waals surface area contributed by atoms with Crippen molar-refractivity contribution in [3.05, 3.63) is 0 Å². The fourth-order valence-electron chi connectivity index (χ4n) is 0.842. The third-order valence-corrected chi connectivity index (χ3v) is 2.66. The first kappa shape index (κ1) is 17.1. The van der Waals surface area contributed by atoms with Crippen molar-refractivity contribution in [3.8, 4) is 0 Å². The Kier molecular flexibility index (Phi) is 5.88. The third kappa shape index (κ3) is 4.06. The second-order valence-electron chi connectivity index (χ2n) is 3.37. The van der Waals surface area contributed by atoms with E-state index in [1.807, 2.05) is 0 Å². The van der Waals surface area contributed by atoms with Gasteiger partial charge in [-0.15, -0.1) is 0 Å². The lowest BCUT2D eigenvalue weighted by atomic mass is 10.2. The number of halogens is 8. The van der Waals surface area contributed by atoms with E-state index in [0.29, 0.717) is 13.8 Å². The monoisotopic (exact) mass is 306 g/mol. The average molecular weight is 307 g/mol. The van der Waals surface area contributed by atoms with Crippen LogP contribution >= 0.6 is 23.2 Å². The lowest BCUT2D eigenvalue weighted by Gasteiger charge is -2.30. The fourth-order valence-corrected chi connectivity index (χ4v) is 1.20. The molecule has 104 valence electrons. The maximum atomic E-state index is 12.9. The van der Waals surface area contributed by atoms with Crippen molar-refractivity contribution in [1.82, 2.24) is 0 Å². The normalized spacial score (nSPS) is 20.8. The summed E-state index contributed by atoms with van der Waals surface area (Å²) in [6, 6.07) is 0. The topological polar surface area (TPSA) is 9.23 Å². The zero-order chi connectivity index (χ0) is 14.0. The molecule has 0 heterocycles. The predicted molar refractivity (Wildman–Crippen MR) is 51.4 cm³/mol. The standard InChI is InChI=1S/C8H10Cl2F6O/c1-3(7(13,14)5(9)11)17-4(2)8(15,16)6(10)12/h3-6H,1-2H3. The summed E-state index contributed by atoms with van der Waals surface area (Å²) in [5.74, 6) is -8.35. The molecule has 0 aliphatic heterocycles. The molecule has 0 N–H and O–H groups in total. The zero-order valence-corrected chi connectivity index (χ0v) is 10.3. The Balaban J connectivity index is 4.65. The molecule has 0 aromatic carbocycles. The summed E-state index contributed by atoms with van der Waals surface area (Å²) in [5.41, 5.74) is -6.20. The molecule has 0 bridgehead atoms. The van der Waals surface area contributed by atoms with Gasteiger partial charge in [-0.25, -0.2) is 8.78 Å². The first-order valence-corrected chi connectivity index (χ1v) is 5.28. The van der Waals surface area contributed by atoms with Crippen molar-refractivity contribution in [2.24, 2.45) is 0 Å². The van der Waals surface area contributed by atoms with Crippen molar-refractivity contribution in [3.63, 3.8) is 0 Å². The van der Waals surface area contributed by atoms with E-state index in [0.717, 1.165) is 0 Å². The van der Waals surface area contributed by atoms with Gasteiger partial charge in [-0.1, -0.05) is 23.2 Å². The summed E-state index contributed by atoms with van der Waals surface area (Å²) in [5, 5.41) is 0. The van der Waals surface area contributed by atoms with E-state index >= 15 is 0 Å². The minimum absolute atomic E-state index is 0.642. The molecule has 0 aliphatic carbocycles. The van der Waals surface area contributed by atoms with Crippen LogP contribution < -0.4 is 0 Å². The molecule has 0 amide bonds. The molecular weight excluding hydrogens is 297 g/mol. The summed E-state index contributed by atoms with van der Waals surface area (Å²) < 4.78 is 80.3. The van der Waals surface area contributed by atoms with Crippen LogP contribution in [0.15, 0.2) is 0 Å². The number of rotatable bonds is 6. The van der Waals surface area contributed by atoms with Crippen LogP contribution in [0.5, 0.6) is 0 Å². The number of ether oxygens (including phenoxy) is 1. The van der Waals surface area contributed by atoms with Gasteiger partial charge in [-0.2, -0.15) is 17.6 Å². The summed E-state index contributed by atoms with van der Waals surface area (Å²) in [4.78, 5) is 0. The quantitative estimate of drug-likeness (QED) is 0.530. The van der Waals surface area contributed by atoms with E-state index in [1.165, 1.54) is 0 Å². The second-order valence-corrected chi connectivity index (χ2v) is 4.14. The first-order chi connectivity index (χ1) is 7.44. The molecule has 17 heavy (non-hydrogen) atoms. The van der Waals surface area contributed by atoms with Crippen LogP contribution in [-0.2, 0) is 4.74 Å². The van der Waals surface area contributed by atoms with Crippen molar-refractivity contribution >= 4 is 23.2 Å². The molecule has 4 unspecified atom stereocenters. The van der Waals surface area contributed by atoms with Crippen LogP contribution in [0, 0.1) is 0 Å². The Morgan fingerprint density at radius 2 is 1.06 bits per heavy atom. The third-order valence-electron chi connectivity index (χ3n) is 2.07. The molecule has 0 aliphatic rings. The number of hydrogen-bond acceptors (Lipinski definition) is 1. The van der Waals surface area contributed by atoms with Crippen LogP contribution in [0.1, 0.15) is 13.8 Å². The highest BCUT2D eigenvalue weighted by Gasteiger charge is 2.51. The van der Waals surface area contributed by atoms with Gasteiger partial charge in [0, 0.05) is 0 Å². The van der Waals surface area contributed by atoms with Crippen LogP contribution in [0.25, 0.3) is 0 Å². The fraction of sp³-hybridized carbons (Fsp3) is 1.00. The first-order valence-electron chi connectivity index (χ1n) is 4.41. The van der Waals surface area contributed by atoms with Gasteiger partial charge in [0.05, 0.1) is 0 Å². The summed E-state index contributed by atoms with van der Waals surface area (Å²) in [7, 11) is 0.